The number of hydrogen-bond donors (Lipinski definition) is 1. The van der Waals surface area contributed by atoms with Crippen LogP contribution < -0.4 is 10.1 Å². The van der Waals surface area contributed by atoms with Gasteiger partial charge < -0.3 is 10.1 Å². The number of fused-ring (bicyclic) bond motifs is 1. The summed E-state index contributed by atoms with van der Waals surface area (Å²) in [5.74, 6) is -0.422. The number of esters is 1. The number of nitrogens with zero attached hydrogens (tertiary/aromatic N) is 1. The van der Waals surface area contributed by atoms with E-state index in [2.05, 4.69) is 10.3 Å². The Morgan fingerprint density at radius 1 is 1.22 bits per heavy atom. The number of ether oxygens (including phenoxy) is 1. The van der Waals surface area contributed by atoms with Gasteiger partial charge in [-0.05, 0) is 12.1 Å². The lowest BCUT2D eigenvalue weighted by molar-refractivity contribution is -0.131. The van der Waals surface area contributed by atoms with Gasteiger partial charge in [-0.1, -0.05) is 12.1 Å². The van der Waals surface area contributed by atoms with Gasteiger partial charge in [0.25, 0.3) is 0 Å². The normalized spacial score (nSPS) is 10.1. The molecule has 18 heavy (non-hydrogen) atoms. The molecule has 5 nitrogen and oxygen atoms in total. The summed E-state index contributed by atoms with van der Waals surface area (Å²) in [4.78, 5) is 26.4. The van der Waals surface area contributed by atoms with Crippen LogP contribution in [0.25, 0.3) is 10.9 Å². The smallest absolute Gasteiger partial charge is 0.308 e. The fraction of sp³-hybridized carbons (Fsp3) is 0.154. The Bertz CT molecular complexity index is 623. The van der Waals surface area contributed by atoms with Gasteiger partial charge in [0.15, 0.2) is 5.75 Å². The van der Waals surface area contributed by atoms with E-state index in [1.807, 2.05) is 6.07 Å². The quantitative estimate of drug-likeness (QED) is 0.649. The monoisotopic (exact) mass is 244 g/mol. The van der Waals surface area contributed by atoms with Crippen molar-refractivity contribution in [1.29, 1.82) is 0 Å². The Hall–Kier alpha value is -2.43. The molecule has 0 unspecified atom stereocenters. The Balaban J connectivity index is 2.62. The third-order valence-corrected chi connectivity index (χ3v) is 2.28. The second kappa shape index (κ2) is 4.83. The first kappa shape index (κ1) is 12.0. The zero-order chi connectivity index (χ0) is 13.1. The van der Waals surface area contributed by atoms with Crippen molar-refractivity contribution in [1.82, 2.24) is 4.98 Å². The molecule has 1 aromatic carbocycles. The predicted molar refractivity (Wildman–Crippen MR) is 67.4 cm³/mol. The van der Waals surface area contributed by atoms with Gasteiger partial charge in [0, 0.05) is 25.4 Å². The van der Waals surface area contributed by atoms with Crippen molar-refractivity contribution in [2.75, 3.05) is 5.32 Å². The van der Waals surface area contributed by atoms with Crippen LogP contribution in [0.4, 0.5) is 5.69 Å². The van der Waals surface area contributed by atoms with E-state index in [0.29, 0.717) is 11.2 Å². The molecule has 2 aromatic rings. The van der Waals surface area contributed by atoms with E-state index < -0.39 is 5.97 Å². The molecular formula is C13H12N2O3. The van der Waals surface area contributed by atoms with Crippen LogP contribution in [0, 0.1) is 0 Å². The molecule has 5 heteroatoms. The first-order valence-corrected chi connectivity index (χ1v) is 5.41. The molecule has 92 valence electrons. The second-order valence-electron chi connectivity index (χ2n) is 3.79. The highest BCUT2D eigenvalue weighted by Crippen LogP contribution is 2.32. The van der Waals surface area contributed by atoms with Crippen molar-refractivity contribution >= 4 is 28.5 Å². The summed E-state index contributed by atoms with van der Waals surface area (Å²) in [6.07, 6.45) is 1.60. The molecule has 0 atom stereocenters. The summed E-state index contributed by atoms with van der Waals surface area (Å²) in [6, 6.07) is 7.13. The van der Waals surface area contributed by atoms with E-state index >= 15 is 0 Å². The summed E-state index contributed by atoms with van der Waals surface area (Å²) in [5, 5.41) is 3.45. The third kappa shape index (κ3) is 2.45. The molecule has 1 amide bonds. The van der Waals surface area contributed by atoms with E-state index in [4.69, 9.17) is 4.74 Å². The van der Waals surface area contributed by atoms with Crippen LogP contribution in [0.15, 0.2) is 30.5 Å². The molecule has 0 bridgehead atoms. The van der Waals surface area contributed by atoms with E-state index in [0.717, 1.165) is 5.39 Å². The lowest BCUT2D eigenvalue weighted by Crippen LogP contribution is -2.10. The number of anilines is 1. The molecule has 0 fully saturated rings. The zero-order valence-electron chi connectivity index (χ0n) is 10.1. The van der Waals surface area contributed by atoms with Gasteiger partial charge in [0.2, 0.25) is 5.91 Å². The minimum absolute atomic E-state index is 0.237. The van der Waals surface area contributed by atoms with Crippen molar-refractivity contribution in [2.45, 2.75) is 13.8 Å². The highest BCUT2D eigenvalue weighted by atomic mass is 16.5. The fourth-order valence-electron chi connectivity index (χ4n) is 1.65. The van der Waals surface area contributed by atoms with Crippen LogP contribution in [0.3, 0.4) is 0 Å². The second-order valence-corrected chi connectivity index (χ2v) is 3.79. The number of nitrogens with one attached hydrogen (secondary N) is 1. The molecular weight excluding hydrogens is 232 g/mol. The Labute approximate surface area is 104 Å². The Kier molecular flexibility index (Phi) is 3.23. The first-order chi connectivity index (χ1) is 8.58. The molecule has 0 saturated heterocycles. The number of carbonyl (C=O) groups excluding carboxylic acids is 2. The van der Waals surface area contributed by atoms with Crippen LogP contribution in [-0.2, 0) is 9.59 Å². The zero-order valence-corrected chi connectivity index (χ0v) is 10.1. The lowest BCUT2D eigenvalue weighted by atomic mass is 10.2. The number of amides is 1. The van der Waals surface area contributed by atoms with Crippen LogP contribution in [0.5, 0.6) is 5.75 Å². The van der Waals surface area contributed by atoms with Gasteiger partial charge in [-0.25, -0.2) is 0 Å². The van der Waals surface area contributed by atoms with Gasteiger partial charge in [-0.15, -0.1) is 0 Å². The first-order valence-electron chi connectivity index (χ1n) is 5.41. The number of hydrogen-bond acceptors (Lipinski definition) is 4. The summed E-state index contributed by atoms with van der Waals surface area (Å²) in [7, 11) is 0. The lowest BCUT2D eigenvalue weighted by Gasteiger charge is -2.11. The topological polar surface area (TPSA) is 68.3 Å². The maximum atomic E-state index is 11.1. The standard InChI is InChI=1S/C13H12N2O3/c1-8(16)15-11-6-5-10-4-3-7-14-12(10)13(11)18-9(2)17/h3-7H,1-2H3,(H,15,16). The van der Waals surface area contributed by atoms with Gasteiger partial charge >= 0.3 is 5.97 Å². The SMILES string of the molecule is CC(=O)Nc1ccc2cccnc2c1OC(C)=O. The summed E-state index contributed by atoms with van der Waals surface area (Å²) in [6.45, 7) is 2.69. The Morgan fingerprint density at radius 2 is 2.00 bits per heavy atom. The largest absolute Gasteiger partial charge is 0.422 e. The number of carbonyl (C=O) groups is 2. The molecule has 1 heterocycles. The van der Waals surface area contributed by atoms with Crippen LogP contribution in [-0.4, -0.2) is 16.9 Å². The van der Waals surface area contributed by atoms with Crippen LogP contribution >= 0.6 is 0 Å². The van der Waals surface area contributed by atoms with Crippen LogP contribution in [0.1, 0.15) is 13.8 Å². The number of pyridine rings is 1. The van der Waals surface area contributed by atoms with Crippen molar-refractivity contribution in [3.05, 3.63) is 30.5 Å². The van der Waals surface area contributed by atoms with Crippen molar-refractivity contribution in [3.63, 3.8) is 0 Å². The fourth-order valence-corrected chi connectivity index (χ4v) is 1.65. The highest BCUT2D eigenvalue weighted by Gasteiger charge is 2.13. The van der Waals surface area contributed by atoms with Gasteiger partial charge in [0.05, 0.1) is 5.69 Å². The van der Waals surface area contributed by atoms with Crippen LogP contribution in [0.2, 0.25) is 0 Å². The van der Waals surface area contributed by atoms with Crippen molar-refractivity contribution in [3.8, 4) is 5.75 Å². The maximum Gasteiger partial charge on any atom is 0.308 e. The average Bonchev–Trinajstić information content (AvgIpc) is 2.31. The minimum Gasteiger partial charge on any atom is -0.422 e. The number of benzene rings is 1. The molecule has 1 N–H and O–H groups in total. The summed E-state index contributed by atoms with van der Waals surface area (Å²) in [5.41, 5.74) is 0.975. The molecule has 0 saturated carbocycles. The third-order valence-electron chi connectivity index (χ3n) is 2.28. The van der Waals surface area contributed by atoms with E-state index in [1.165, 1.54) is 13.8 Å². The predicted octanol–water partition coefficient (Wildman–Crippen LogP) is 2.12. The summed E-state index contributed by atoms with van der Waals surface area (Å²) < 4.78 is 5.14. The van der Waals surface area contributed by atoms with E-state index in [1.54, 1.807) is 24.4 Å². The maximum absolute atomic E-state index is 11.1. The number of aromatic nitrogens is 1. The van der Waals surface area contributed by atoms with E-state index in [9.17, 15) is 9.59 Å². The molecule has 0 spiro atoms. The molecule has 2 rings (SSSR count). The van der Waals surface area contributed by atoms with E-state index in [-0.39, 0.29) is 11.7 Å². The molecule has 0 aliphatic carbocycles. The molecule has 0 radical (unpaired) electrons. The average molecular weight is 244 g/mol. The highest BCUT2D eigenvalue weighted by molar-refractivity contribution is 5.98. The van der Waals surface area contributed by atoms with Crippen molar-refractivity contribution < 1.29 is 14.3 Å². The Morgan fingerprint density at radius 3 is 2.67 bits per heavy atom. The van der Waals surface area contributed by atoms with Gasteiger partial charge in [-0.2, -0.15) is 0 Å². The molecule has 0 aliphatic rings. The van der Waals surface area contributed by atoms with Gasteiger partial charge in [-0.3, -0.25) is 14.6 Å². The summed E-state index contributed by atoms with van der Waals surface area (Å²) >= 11 is 0. The molecule has 1 aromatic heterocycles. The minimum atomic E-state index is -0.459. The number of rotatable bonds is 2. The molecule has 0 aliphatic heterocycles. The van der Waals surface area contributed by atoms with Gasteiger partial charge in [0.1, 0.15) is 5.52 Å². The van der Waals surface area contributed by atoms with Crippen molar-refractivity contribution in [2.24, 2.45) is 0 Å².